The lowest BCUT2D eigenvalue weighted by Crippen LogP contribution is -2.25. The van der Waals surface area contributed by atoms with Gasteiger partial charge in [-0.05, 0) is 42.0 Å². The summed E-state index contributed by atoms with van der Waals surface area (Å²) in [6.07, 6.45) is 3.15. The van der Waals surface area contributed by atoms with Gasteiger partial charge in [-0.15, -0.1) is 6.58 Å². The lowest BCUT2D eigenvalue weighted by molar-refractivity contribution is 0.102. The molecular formula is C20H19ClN4O3S. The zero-order valence-electron chi connectivity index (χ0n) is 15.4. The first kappa shape index (κ1) is 20.8. The molecule has 0 aliphatic heterocycles. The Kier molecular flexibility index (Phi) is 6.48. The molecule has 2 N–H and O–H groups in total. The van der Waals surface area contributed by atoms with Crippen molar-refractivity contribution in [1.29, 1.82) is 0 Å². The van der Waals surface area contributed by atoms with Crippen LogP contribution in [0.15, 0.2) is 73.4 Å². The standard InChI is InChI=1S/C20H19ClN4O3S/c1-2-11-22-29(27,28)14-15-6-8-17(9-7-15)23-20(26)19-10-12-25(24-19)18-5-3-4-16(21)13-18/h2-10,12-13,22H,1,11,14H2,(H,23,26). The van der Waals surface area contributed by atoms with Gasteiger partial charge >= 0.3 is 0 Å². The largest absolute Gasteiger partial charge is 0.321 e. The number of sulfonamides is 1. The minimum atomic E-state index is -3.43. The van der Waals surface area contributed by atoms with Gasteiger partial charge in [0.05, 0.1) is 11.4 Å². The summed E-state index contributed by atoms with van der Waals surface area (Å²) in [4.78, 5) is 12.4. The average Bonchev–Trinajstić information content (AvgIpc) is 3.18. The molecule has 0 atom stereocenters. The molecule has 9 heteroatoms. The third-order valence-corrected chi connectivity index (χ3v) is 5.47. The maximum Gasteiger partial charge on any atom is 0.276 e. The average molecular weight is 431 g/mol. The van der Waals surface area contributed by atoms with E-state index in [-0.39, 0.29) is 23.9 Å². The van der Waals surface area contributed by atoms with E-state index in [1.807, 2.05) is 6.07 Å². The number of carbonyl (C=O) groups excluding carboxylic acids is 1. The van der Waals surface area contributed by atoms with Crippen molar-refractivity contribution >= 4 is 33.2 Å². The molecule has 3 rings (SSSR count). The van der Waals surface area contributed by atoms with Gasteiger partial charge < -0.3 is 5.32 Å². The first-order valence-electron chi connectivity index (χ1n) is 8.66. The molecule has 0 radical (unpaired) electrons. The van der Waals surface area contributed by atoms with Gasteiger partial charge in [-0.2, -0.15) is 5.10 Å². The molecule has 3 aromatic rings. The van der Waals surface area contributed by atoms with Crippen molar-refractivity contribution in [2.75, 3.05) is 11.9 Å². The number of aromatic nitrogens is 2. The number of hydrogen-bond acceptors (Lipinski definition) is 4. The molecule has 150 valence electrons. The summed E-state index contributed by atoms with van der Waals surface area (Å²) in [5.41, 5.74) is 2.12. The number of rotatable bonds is 8. The fourth-order valence-electron chi connectivity index (χ4n) is 2.54. The Hall–Kier alpha value is -2.94. The van der Waals surface area contributed by atoms with Crippen LogP contribution in [0.2, 0.25) is 5.02 Å². The second kappa shape index (κ2) is 9.04. The summed E-state index contributed by atoms with van der Waals surface area (Å²) in [6.45, 7) is 3.66. The number of benzene rings is 2. The summed E-state index contributed by atoms with van der Waals surface area (Å²) in [5.74, 6) is -0.530. The van der Waals surface area contributed by atoms with Gasteiger partial charge in [-0.3, -0.25) is 4.79 Å². The van der Waals surface area contributed by atoms with Gasteiger partial charge in [0.1, 0.15) is 0 Å². The van der Waals surface area contributed by atoms with E-state index in [9.17, 15) is 13.2 Å². The van der Waals surface area contributed by atoms with E-state index in [0.717, 1.165) is 5.69 Å². The number of anilines is 1. The first-order valence-corrected chi connectivity index (χ1v) is 10.7. The topological polar surface area (TPSA) is 93.1 Å². The molecule has 0 bridgehead atoms. The highest BCUT2D eigenvalue weighted by atomic mass is 35.5. The van der Waals surface area contributed by atoms with Gasteiger partial charge in [0.15, 0.2) is 5.69 Å². The highest BCUT2D eigenvalue weighted by Crippen LogP contribution is 2.16. The molecular weight excluding hydrogens is 412 g/mol. The van der Waals surface area contributed by atoms with Crippen LogP contribution >= 0.6 is 11.6 Å². The molecule has 1 heterocycles. The molecule has 29 heavy (non-hydrogen) atoms. The normalized spacial score (nSPS) is 11.2. The van der Waals surface area contributed by atoms with Crippen LogP contribution in [0.1, 0.15) is 16.1 Å². The van der Waals surface area contributed by atoms with E-state index < -0.39 is 10.0 Å². The van der Waals surface area contributed by atoms with Crippen LogP contribution in [0.25, 0.3) is 5.69 Å². The quantitative estimate of drug-likeness (QED) is 0.536. The Morgan fingerprint density at radius 1 is 1.17 bits per heavy atom. The smallest absolute Gasteiger partial charge is 0.276 e. The molecule has 0 fully saturated rings. The summed E-state index contributed by atoms with van der Waals surface area (Å²) in [6, 6.07) is 15.3. The molecule has 0 aliphatic carbocycles. The van der Waals surface area contributed by atoms with Gasteiger partial charge in [0, 0.05) is 23.5 Å². The highest BCUT2D eigenvalue weighted by molar-refractivity contribution is 7.88. The van der Waals surface area contributed by atoms with E-state index in [4.69, 9.17) is 11.6 Å². The summed E-state index contributed by atoms with van der Waals surface area (Å²) < 4.78 is 27.8. The van der Waals surface area contributed by atoms with Gasteiger partial charge in [-0.25, -0.2) is 17.8 Å². The fraction of sp³-hybridized carbons (Fsp3) is 0.100. The minimum Gasteiger partial charge on any atom is -0.321 e. The Morgan fingerprint density at radius 2 is 1.93 bits per heavy atom. The molecule has 0 unspecified atom stereocenters. The van der Waals surface area contributed by atoms with Crippen LogP contribution in [0, 0.1) is 0 Å². The number of carbonyl (C=O) groups is 1. The third kappa shape index (κ3) is 5.77. The molecule has 0 saturated heterocycles. The Balaban J connectivity index is 1.65. The zero-order valence-corrected chi connectivity index (χ0v) is 16.9. The maximum atomic E-state index is 12.4. The molecule has 0 aliphatic rings. The predicted molar refractivity (Wildman–Crippen MR) is 114 cm³/mol. The van der Waals surface area contributed by atoms with Crippen molar-refractivity contribution < 1.29 is 13.2 Å². The second-order valence-corrected chi connectivity index (χ2v) is 8.42. The lowest BCUT2D eigenvalue weighted by Gasteiger charge is -2.07. The Bertz CT molecular complexity index is 1120. The summed E-state index contributed by atoms with van der Waals surface area (Å²) in [7, 11) is -3.43. The fourth-order valence-corrected chi connectivity index (χ4v) is 3.83. The molecule has 1 aromatic heterocycles. The van der Waals surface area contributed by atoms with Gasteiger partial charge in [-0.1, -0.05) is 35.9 Å². The van der Waals surface area contributed by atoms with Crippen molar-refractivity contribution in [2.45, 2.75) is 5.75 Å². The molecule has 2 aromatic carbocycles. The van der Waals surface area contributed by atoms with Crippen LogP contribution < -0.4 is 10.0 Å². The van der Waals surface area contributed by atoms with Crippen LogP contribution in [0.3, 0.4) is 0 Å². The third-order valence-electron chi connectivity index (χ3n) is 3.91. The monoisotopic (exact) mass is 430 g/mol. The Labute approximate surface area is 174 Å². The van der Waals surface area contributed by atoms with Crippen molar-refractivity contribution in [1.82, 2.24) is 14.5 Å². The number of nitrogens with zero attached hydrogens (tertiary/aromatic N) is 2. The van der Waals surface area contributed by atoms with E-state index in [1.54, 1.807) is 59.4 Å². The molecule has 1 amide bonds. The van der Waals surface area contributed by atoms with Crippen LogP contribution in [-0.2, 0) is 15.8 Å². The van der Waals surface area contributed by atoms with E-state index in [0.29, 0.717) is 16.3 Å². The van der Waals surface area contributed by atoms with E-state index in [1.165, 1.54) is 6.08 Å². The SMILES string of the molecule is C=CCNS(=O)(=O)Cc1ccc(NC(=O)c2ccn(-c3cccc(Cl)c3)n2)cc1. The summed E-state index contributed by atoms with van der Waals surface area (Å²) >= 11 is 5.98. The number of nitrogens with one attached hydrogen (secondary N) is 2. The zero-order chi connectivity index (χ0) is 20.9. The first-order chi connectivity index (χ1) is 13.9. The van der Waals surface area contributed by atoms with Crippen molar-refractivity contribution in [3.63, 3.8) is 0 Å². The summed E-state index contributed by atoms with van der Waals surface area (Å²) in [5, 5.41) is 7.58. The van der Waals surface area contributed by atoms with E-state index >= 15 is 0 Å². The number of halogens is 1. The number of amides is 1. The van der Waals surface area contributed by atoms with Crippen molar-refractivity contribution in [2.24, 2.45) is 0 Å². The van der Waals surface area contributed by atoms with Crippen LogP contribution in [0.5, 0.6) is 0 Å². The predicted octanol–water partition coefficient (Wildman–Crippen LogP) is 3.38. The van der Waals surface area contributed by atoms with Crippen molar-refractivity contribution in [3.8, 4) is 5.69 Å². The lowest BCUT2D eigenvalue weighted by atomic mass is 10.2. The highest BCUT2D eigenvalue weighted by Gasteiger charge is 2.13. The van der Waals surface area contributed by atoms with Crippen molar-refractivity contribution in [3.05, 3.63) is 89.7 Å². The molecule has 0 spiro atoms. The van der Waals surface area contributed by atoms with Gasteiger partial charge in [0.25, 0.3) is 5.91 Å². The maximum absolute atomic E-state index is 12.4. The molecule has 7 nitrogen and oxygen atoms in total. The molecule has 0 saturated carbocycles. The second-order valence-electron chi connectivity index (χ2n) is 6.17. The van der Waals surface area contributed by atoms with E-state index in [2.05, 4.69) is 21.7 Å². The van der Waals surface area contributed by atoms with Gasteiger partial charge in [0.2, 0.25) is 10.0 Å². The minimum absolute atomic E-state index is 0.154. The number of hydrogen-bond donors (Lipinski definition) is 2. The Morgan fingerprint density at radius 3 is 2.62 bits per heavy atom. The van der Waals surface area contributed by atoms with Crippen LogP contribution in [-0.4, -0.2) is 30.7 Å². The van der Waals surface area contributed by atoms with Crippen LogP contribution in [0.4, 0.5) is 5.69 Å².